The van der Waals surface area contributed by atoms with Crippen LogP contribution in [0, 0.1) is 10.1 Å². The van der Waals surface area contributed by atoms with Gasteiger partial charge in [0.1, 0.15) is 11.5 Å². The topological polar surface area (TPSA) is 62.8 Å². The highest BCUT2D eigenvalue weighted by Crippen LogP contribution is 2.31. The van der Waals surface area contributed by atoms with Crippen molar-refractivity contribution in [1.82, 2.24) is 9.80 Å². The van der Waals surface area contributed by atoms with Gasteiger partial charge in [0.2, 0.25) is 0 Å². The number of hydrogen-bond acceptors (Lipinski definition) is 5. The van der Waals surface area contributed by atoms with Crippen LogP contribution in [0.5, 0.6) is 0 Å². The summed E-state index contributed by atoms with van der Waals surface area (Å²) in [5.41, 5.74) is 0.601. The zero-order valence-corrected chi connectivity index (χ0v) is 13.3. The zero-order valence-electron chi connectivity index (χ0n) is 13.3. The SMILES string of the molecule is CCN1CCN(Cc2ccc(-c3ccccc3[N+](=O)[O-])o2)CC1. The van der Waals surface area contributed by atoms with Crippen LogP contribution in [0.15, 0.2) is 40.8 Å². The van der Waals surface area contributed by atoms with Gasteiger partial charge in [-0.3, -0.25) is 15.0 Å². The van der Waals surface area contributed by atoms with Crippen molar-refractivity contribution >= 4 is 5.69 Å². The van der Waals surface area contributed by atoms with Crippen LogP contribution in [-0.2, 0) is 6.54 Å². The van der Waals surface area contributed by atoms with E-state index in [1.165, 1.54) is 6.07 Å². The van der Waals surface area contributed by atoms with Gasteiger partial charge in [0.15, 0.2) is 0 Å². The quantitative estimate of drug-likeness (QED) is 0.627. The van der Waals surface area contributed by atoms with Crippen molar-refractivity contribution < 1.29 is 9.34 Å². The maximum absolute atomic E-state index is 11.1. The van der Waals surface area contributed by atoms with Crippen molar-refractivity contribution in [3.8, 4) is 11.3 Å². The lowest BCUT2D eigenvalue weighted by molar-refractivity contribution is -0.384. The molecular formula is C17H21N3O3. The summed E-state index contributed by atoms with van der Waals surface area (Å²) >= 11 is 0. The van der Waals surface area contributed by atoms with Gasteiger partial charge in [0.25, 0.3) is 5.69 Å². The van der Waals surface area contributed by atoms with E-state index in [-0.39, 0.29) is 10.6 Å². The van der Waals surface area contributed by atoms with Crippen LogP contribution in [0.1, 0.15) is 12.7 Å². The van der Waals surface area contributed by atoms with Gasteiger partial charge in [-0.15, -0.1) is 0 Å². The third-order valence-corrected chi connectivity index (χ3v) is 4.32. The lowest BCUT2D eigenvalue weighted by Gasteiger charge is -2.33. The normalized spacial score (nSPS) is 16.6. The molecule has 0 unspecified atom stereocenters. The number of nitro benzene ring substituents is 1. The van der Waals surface area contributed by atoms with Crippen molar-refractivity contribution in [2.45, 2.75) is 13.5 Å². The molecule has 1 aromatic heterocycles. The molecule has 122 valence electrons. The van der Waals surface area contributed by atoms with E-state index in [2.05, 4.69) is 16.7 Å². The Hall–Kier alpha value is -2.18. The van der Waals surface area contributed by atoms with Gasteiger partial charge in [-0.05, 0) is 24.7 Å². The Morgan fingerprint density at radius 1 is 1.09 bits per heavy atom. The average Bonchev–Trinajstić information content (AvgIpc) is 3.04. The van der Waals surface area contributed by atoms with Crippen molar-refractivity contribution in [2.75, 3.05) is 32.7 Å². The van der Waals surface area contributed by atoms with Crippen LogP contribution >= 0.6 is 0 Å². The fourth-order valence-electron chi connectivity index (χ4n) is 2.93. The third-order valence-electron chi connectivity index (χ3n) is 4.32. The standard InChI is InChI=1S/C17H21N3O3/c1-2-18-9-11-19(12-10-18)13-14-7-8-17(23-14)15-5-3-4-6-16(15)20(21)22/h3-8H,2,9-13H2,1H3. The molecule has 0 bridgehead atoms. The Morgan fingerprint density at radius 2 is 1.78 bits per heavy atom. The maximum Gasteiger partial charge on any atom is 0.280 e. The fourth-order valence-corrected chi connectivity index (χ4v) is 2.93. The molecule has 1 saturated heterocycles. The van der Waals surface area contributed by atoms with Crippen molar-refractivity contribution in [1.29, 1.82) is 0 Å². The monoisotopic (exact) mass is 315 g/mol. The largest absolute Gasteiger partial charge is 0.459 e. The summed E-state index contributed by atoms with van der Waals surface area (Å²) in [5, 5.41) is 11.1. The number of furan rings is 1. The Morgan fingerprint density at radius 3 is 2.48 bits per heavy atom. The minimum Gasteiger partial charge on any atom is -0.459 e. The lowest BCUT2D eigenvalue weighted by Crippen LogP contribution is -2.45. The highest BCUT2D eigenvalue weighted by atomic mass is 16.6. The molecule has 23 heavy (non-hydrogen) atoms. The molecule has 1 fully saturated rings. The van der Waals surface area contributed by atoms with Crippen LogP contribution in [0.4, 0.5) is 5.69 Å². The van der Waals surface area contributed by atoms with Gasteiger partial charge in [-0.25, -0.2) is 0 Å². The highest BCUT2D eigenvalue weighted by Gasteiger charge is 2.19. The second-order valence-corrected chi connectivity index (χ2v) is 5.75. The summed E-state index contributed by atoms with van der Waals surface area (Å²) in [5.74, 6) is 1.41. The van der Waals surface area contributed by atoms with Gasteiger partial charge in [0.05, 0.1) is 17.0 Å². The van der Waals surface area contributed by atoms with E-state index in [1.807, 2.05) is 12.1 Å². The Labute approximate surface area is 135 Å². The molecule has 1 aliphatic heterocycles. The minimum absolute atomic E-state index is 0.0740. The molecule has 2 aromatic rings. The number of nitro groups is 1. The predicted molar refractivity (Wildman–Crippen MR) is 88.2 cm³/mol. The van der Waals surface area contributed by atoms with Crippen LogP contribution in [0.25, 0.3) is 11.3 Å². The molecule has 1 aromatic carbocycles. The molecule has 0 saturated carbocycles. The molecule has 0 amide bonds. The summed E-state index contributed by atoms with van der Waals surface area (Å²) in [6.07, 6.45) is 0. The van der Waals surface area contributed by atoms with Gasteiger partial charge in [-0.1, -0.05) is 19.1 Å². The van der Waals surface area contributed by atoms with E-state index in [1.54, 1.807) is 18.2 Å². The summed E-state index contributed by atoms with van der Waals surface area (Å²) in [4.78, 5) is 15.5. The van der Waals surface area contributed by atoms with Gasteiger partial charge < -0.3 is 9.32 Å². The molecule has 0 spiro atoms. The molecule has 0 radical (unpaired) electrons. The molecule has 6 nitrogen and oxygen atoms in total. The van der Waals surface area contributed by atoms with E-state index in [4.69, 9.17) is 4.42 Å². The summed E-state index contributed by atoms with van der Waals surface area (Å²) in [7, 11) is 0. The lowest BCUT2D eigenvalue weighted by atomic mass is 10.1. The number of para-hydroxylation sites is 1. The summed E-state index contributed by atoms with van der Waals surface area (Å²) < 4.78 is 5.86. The van der Waals surface area contributed by atoms with Crippen molar-refractivity contribution in [2.24, 2.45) is 0 Å². The van der Waals surface area contributed by atoms with E-state index >= 15 is 0 Å². The predicted octanol–water partition coefficient (Wildman–Crippen LogP) is 2.99. The number of rotatable bonds is 5. The molecule has 2 heterocycles. The van der Waals surface area contributed by atoms with Gasteiger partial charge >= 0.3 is 0 Å². The van der Waals surface area contributed by atoms with Crippen molar-refractivity contribution in [3.63, 3.8) is 0 Å². The zero-order chi connectivity index (χ0) is 16.2. The van der Waals surface area contributed by atoms with E-state index in [0.717, 1.165) is 45.0 Å². The smallest absolute Gasteiger partial charge is 0.280 e. The summed E-state index contributed by atoms with van der Waals surface area (Å²) in [6, 6.07) is 10.4. The average molecular weight is 315 g/mol. The first-order chi connectivity index (χ1) is 11.2. The molecule has 0 N–H and O–H groups in total. The second-order valence-electron chi connectivity index (χ2n) is 5.75. The number of likely N-dealkylation sites (N-methyl/N-ethyl adjacent to an activating group) is 1. The molecular weight excluding hydrogens is 294 g/mol. The first-order valence-electron chi connectivity index (χ1n) is 7.94. The van der Waals surface area contributed by atoms with Crippen LogP contribution in [-0.4, -0.2) is 47.4 Å². The number of benzene rings is 1. The number of piperazine rings is 1. The van der Waals surface area contributed by atoms with E-state index < -0.39 is 0 Å². The Balaban J connectivity index is 1.71. The van der Waals surface area contributed by atoms with Crippen molar-refractivity contribution in [3.05, 3.63) is 52.3 Å². The molecule has 0 aliphatic carbocycles. The Bertz CT molecular complexity index is 675. The Kier molecular flexibility index (Phi) is 4.73. The van der Waals surface area contributed by atoms with E-state index in [0.29, 0.717) is 11.3 Å². The van der Waals surface area contributed by atoms with Crippen LogP contribution in [0.2, 0.25) is 0 Å². The molecule has 3 rings (SSSR count). The van der Waals surface area contributed by atoms with E-state index in [9.17, 15) is 10.1 Å². The van der Waals surface area contributed by atoms with Gasteiger partial charge in [-0.2, -0.15) is 0 Å². The molecule has 0 atom stereocenters. The fraction of sp³-hybridized carbons (Fsp3) is 0.412. The minimum atomic E-state index is -0.374. The molecule has 1 aliphatic rings. The first-order valence-corrected chi connectivity index (χ1v) is 7.94. The number of nitrogens with zero attached hydrogens (tertiary/aromatic N) is 3. The third kappa shape index (κ3) is 3.60. The maximum atomic E-state index is 11.1. The second kappa shape index (κ2) is 6.93. The number of hydrogen-bond donors (Lipinski definition) is 0. The summed E-state index contributed by atoms with van der Waals surface area (Å²) in [6.45, 7) is 8.23. The highest BCUT2D eigenvalue weighted by molar-refractivity contribution is 5.69. The van der Waals surface area contributed by atoms with Gasteiger partial charge in [0, 0.05) is 32.2 Å². The molecule has 6 heteroatoms. The van der Waals surface area contributed by atoms with Crippen LogP contribution < -0.4 is 0 Å². The first kappa shape index (κ1) is 15.7. The van der Waals surface area contributed by atoms with Crippen LogP contribution in [0.3, 0.4) is 0 Å².